The molecule has 3 aromatic rings. The summed E-state index contributed by atoms with van der Waals surface area (Å²) in [6.45, 7) is 0.114. The fraction of sp³-hybridized carbons (Fsp3) is 0.389. The molecule has 0 spiro atoms. The summed E-state index contributed by atoms with van der Waals surface area (Å²) in [5.74, 6) is 0.455. The van der Waals surface area contributed by atoms with Gasteiger partial charge in [0.25, 0.3) is 0 Å². The smallest absolute Gasteiger partial charge is 0.224 e. The minimum absolute atomic E-state index is 0.0197. The Morgan fingerprint density at radius 3 is 2.72 bits per heavy atom. The highest BCUT2D eigenvalue weighted by Gasteiger charge is 2.44. The molecule has 1 aliphatic heterocycles. The highest BCUT2D eigenvalue weighted by Crippen LogP contribution is 2.32. The lowest BCUT2D eigenvalue weighted by atomic mass is 10.1. The number of ether oxygens (including phenoxy) is 1. The van der Waals surface area contributed by atoms with Crippen molar-refractivity contribution in [1.29, 1.82) is 0 Å². The average molecular weight is 421 g/mol. The second-order valence-electron chi connectivity index (χ2n) is 6.75. The summed E-state index contributed by atoms with van der Waals surface area (Å²) in [6, 6.07) is 7.58. The van der Waals surface area contributed by atoms with Crippen LogP contribution in [0.5, 0.6) is 0 Å². The Labute approximate surface area is 170 Å². The van der Waals surface area contributed by atoms with Gasteiger partial charge in [-0.1, -0.05) is 29.8 Å². The first-order chi connectivity index (χ1) is 14.0. The average Bonchev–Trinajstić information content (AvgIpc) is 3.24. The molecule has 11 heteroatoms. The summed E-state index contributed by atoms with van der Waals surface area (Å²) in [4.78, 5) is 12.7. The normalized spacial score (nSPS) is 24.3. The molecule has 1 saturated heterocycles. The van der Waals surface area contributed by atoms with Crippen LogP contribution in [0.4, 0.5) is 11.8 Å². The number of benzene rings is 1. The highest BCUT2D eigenvalue weighted by atomic mass is 35.5. The Balaban J connectivity index is 1.58. The molecule has 1 fully saturated rings. The third-order valence-corrected chi connectivity index (χ3v) is 5.24. The number of hydrogen-bond donors (Lipinski definition) is 5. The highest BCUT2D eigenvalue weighted by molar-refractivity contribution is 6.31. The number of aliphatic hydroxyl groups excluding tert-OH is 3. The summed E-state index contributed by atoms with van der Waals surface area (Å²) in [7, 11) is 0. The van der Waals surface area contributed by atoms with Gasteiger partial charge in [-0.15, -0.1) is 0 Å². The third kappa shape index (κ3) is 3.72. The molecule has 0 amide bonds. The van der Waals surface area contributed by atoms with E-state index in [0.717, 1.165) is 5.56 Å². The minimum atomic E-state index is -1.25. The second kappa shape index (κ2) is 8.09. The topological polar surface area (TPSA) is 152 Å². The van der Waals surface area contributed by atoms with E-state index in [4.69, 9.17) is 22.1 Å². The first-order valence-electron chi connectivity index (χ1n) is 9.09. The van der Waals surface area contributed by atoms with E-state index in [1.165, 1.54) is 10.9 Å². The zero-order valence-electron chi connectivity index (χ0n) is 15.3. The molecule has 1 aromatic carbocycles. The zero-order chi connectivity index (χ0) is 20.5. The van der Waals surface area contributed by atoms with E-state index in [1.807, 2.05) is 24.3 Å². The maximum atomic E-state index is 10.3. The van der Waals surface area contributed by atoms with Gasteiger partial charge in [-0.25, -0.2) is 4.98 Å². The maximum Gasteiger partial charge on any atom is 0.224 e. The van der Waals surface area contributed by atoms with Crippen molar-refractivity contribution < 1.29 is 20.1 Å². The fourth-order valence-electron chi connectivity index (χ4n) is 3.37. The van der Waals surface area contributed by atoms with Crippen molar-refractivity contribution in [2.75, 3.05) is 24.2 Å². The molecule has 0 aliphatic carbocycles. The summed E-state index contributed by atoms with van der Waals surface area (Å²) in [6.07, 6.45) is -2.25. The van der Waals surface area contributed by atoms with Gasteiger partial charge >= 0.3 is 0 Å². The number of aliphatic hydroxyl groups is 3. The lowest BCUT2D eigenvalue weighted by Crippen LogP contribution is -2.33. The number of imidazole rings is 1. The fourth-order valence-corrected chi connectivity index (χ4v) is 3.60. The number of halogens is 1. The van der Waals surface area contributed by atoms with Crippen molar-refractivity contribution in [3.63, 3.8) is 0 Å². The van der Waals surface area contributed by atoms with Crippen molar-refractivity contribution in [2.24, 2.45) is 0 Å². The molecule has 0 radical (unpaired) electrons. The van der Waals surface area contributed by atoms with Gasteiger partial charge in [-0.2, -0.15) is 9.97 Å². The molecule has 4 rings (SSSR count). The van der Waals surface area contributed by atoms with Gasteiger partial charge in [-0.3, -0.25) is 4.57 Å². The number of nitrogens with one attached hydrogen (secondary N) is 1. The summed E-state index contributed by atoms with van der Waals surface area (Å²) >= 11 is 6.19. The van der Waals surface area contributed by atoms with E-state index >= 15 is 0 Å². The Kier molecular flexibility index (Phi) is 5.52. The van der Waals surface area contributed by atoms with E-state index in [0.29, 0.717) is 35.0 Å². The van der Waals surface area contributed by atoms with E-state index in [1.54, 1.807) is 0 Å². The van der Waals surface area contributed by atoms with E-state index < -0.39 is 31.1 Å². The van der Waals surface area contributed by atoms with Crippen LogP contribution in [0.1, 0.15) is 11.8 Å². The first-order valence-corrected chi connectivity index (χ1v) is 9.47. The third-order valence-electron chi connectivity index (χ3n) is 4.87. The number of nitrogens with two attached hydrogens (primary N) is 1. The Morgan fingerprint density at radius 2 is 2.00 bits per heavy atom. The van der Waals surface area contributed by atoms with Crippen molar-refractivity contribution in [2.45, 2.75) is 31.0 Å². The van der Waals surface area contributed by atoms with Crippen LogP contribution in [0.25, 0.3) is 11.2 Å². The van der Waals surface area contributed by atoms with Crippen LogP contribution in [0.2, 0.25) is 5.02 Å². The number of fused-ring (bicyclic) bond motifs is 1. The number of hydrogen-bond acceptors (Lipinski definition) is 9. The minimum Gasteiger partial charge on any atom is -0.394 e. The number of nitrogens with zero attached hydrogens (tertiary/aromatic N) is 4. The van der Waals surface area contributed by atoms with Crippen LogP contribution < -0.4 is 11.1 Å². The quantitative estimate of drug-likeness (QED) is 0.379. The maximum absolute atomic E-state index is 10.3. The summed E-state index contributed by atoms with van der Waals surface area (Å²) < 4.78 is 7.02. The molecule has 3 heterocycles. The summed E-state index contributed by atoms with van der Waals surface area (Å²) in [5.41, 5.74) is 7.64. The van der Waals surface area contributed by atoms with E-state index in [2.05, 4.69) is 20.3 Å². The number of aromatic nitrogens is 4. The van der Waals surface area contributed by atoms with Crippen molar-refractivity contribution in [1.82, 2.24) is 19.5 Å². The van der Waals surface area contributed by atoms with Gasteiger partial charge in [0, 0.05) is 11.6 Å². The van der Waals surface area contributed by atoms with Gasteiger partial charge in [0.2, 0.25) is 5.95 Å². The van der Waals surface area contributed by atoms with Gasteiger partial charge < -0.3 is 31.1 Å². The van der Waals surface area contributed by atoms with Crippen LogP contribution >= 0.6 is 11.6 Å². The molecular formula is C18H21ClN6O4. The molecule has 0 saturated carbocycles. The molecule has 6 N–H and O–H groups in total. The molecule has 1 aliphatic rings. The zero-order valence-corrected chi connectivity index (χ0v) is 16.1. The van der Waals surface area contributed by atoms with Gasteiger partial charge in [0.15, 0.2) is 23.2 Å². The number of rotatable bonds is 6. The molecule has 10 nitrogen and oxygen atoms in total. The van der Waals surface area contributed by atoms with Crippen molar-refractivity contribution in [3.05, 3.63) is 41.2 Å². The molecular weight excluding hydrogens is 400 g/mol. The van der Waals surface area contributed by atoms with Gasteiger partial charge in [0.05, 0.1) is 12.9 Å². The molecule has 2 aromatic heterocycles. The largest absolute Gasteiger partial charge is 0.394 e. The number of anilines is 2. The van der Waals surface area contributed by atoms with Crippen molar-refractivity contribution in [3.8, 4) is 0 Å². The molecule has 0 unspecified atom stereocenters. The van der Waals surface area contributed by atoms with E-state index in [-0.39, 0.29) is 5.95 Å². The Bertz CT molecular complexity index is 1020. The molecule has 0 bridgehead atoms. The SMILES string of the molecule is Nc1nc(NCCc2ccccc2Cl)c2ncn([C@@H]3O[C@H](CO)[C@@H](O)[C@H]3O)c2n1. The standard InChI is InChI=1S/C18H21ClN6O4/c19-10-4-2-1-3-9(10)5-6-21-15-12-16(24-18(20)23-15)25(8-22-12)17-14(28)13(27)11(7-26)29-17/h1-4,8,11,13-14,17,26-28H,5-7H2,(H3,20,21,23,24)/t11-,13-,14-,17-/m1/s1. The van der Waals surface area contributed by atoms with Crippen LogP contribution in [-0.4, -0.2) is 66.3 Å². The Morgan fingerprint density at radius 1 is 1.21 bits per heavy atom. The summed E-state index contributed by atoms with van der Waals surface area (Å²) in [5, 5.41) is 33.5. The lowest BCUT2D eigenvalue weighted by Gasteiger charge is -2.16. The lowest BCUT2D eigenvalue weighted by molar-refractivity contribution is -0.0511. The van der Waals surface area contributed by atoms with Gasteiger partial charge in [0.1, 0.15) is 18.3 Å². The molecule has 154 valence electrons. The van der Waals surface area contributed by atoms with Crippen LogP contribution in [0.3, 0.4) is 0 Å². The Hall–Kier alpha value is -2.50. The first kappa shape index (κ1) is 19.8. The molecule has 4 atom stereocenters. The number of nitrogen functional groups attached to an aromatic ring is 1. The predicted octanol–water partition coefficient (Wildman–Crippen LogP) is 0.328. The van der Waals surface area contributed by atoms with Gasteiger partial charge in [-0.05, 0) is 18.1 Å². The van der Waals surface area contributed by atoms with Crippen molar-refractivity contribution >= 4 is 34.5 Å². The van der Waals surface area contributed by atoms with Crippen LogP contribution in [0.15, 0.2) is 30.6 Å². The van der Waals surface area contributed by atoms with Crippen LogP contribution in [-0.2, 0) is 11.2 Å². The van der Waals surface area contributed by atoms with E-state index in [9.17, 15) is 15.3 Å². The van der Waals surface area contributed by atoms with Crippen LogP contribution in [0, 0.1) is 0 Å². The second-order valence-corrected chi connectivity index (χ2v) is 7.16. The predicted molar refractivity (Wildman–Crippen MR) is 106 cm³/mol. The molecule has 29 heavy (non-hydrogen) atoms. The monoisotopic (exact) mass is 420 g/mol.